The van der Waals surface area contributed by atoms with E-state index in [2.05, 4.69) is 29.2 Å². The van der Waals surface area contributed by atoms with Gasteiger partial charge in [0, 0.05) is 31.4 Å². The number of aromatic nitrogens is 2. The highest BCUT2D eigenvalue weighted by atomic mass is 32.2. The van der Waals surface area contributed by atoms with E-state index in [4.69, 9.17) is 0 Å². The molecule has 1 heterocycles. The summed E-state index contributed by atoms with van der Waals surface area (Å²) in [6.07, 6.45) is 3.38. The van der Waals surface area contributed by atoms with E-state index in [1.165, 1.54) is 10.4 Å². The Bertz CT molecular complexity index is 947. The predicted molar refractivity (Wildman–Crippen MR) is 119 cm³/mol. The summed E-state index contributed by atoms with van der Waals surface area (Å²) < 4.78 is 29.0. The van der Waals surface area contributed by atoms with Crippen molar-refractivity contribution in [3.63, 3.8) is 0 Å². The van der Waals surface area contributed by atoms with Crippen LogP contribution in [0.15, 0.2) is 35.5 Å². The van der Waals surface area contributed by atoms with Gasteiger partial charge in [-0.3, -0.25) is 9.48 Å². The highest BCUT2D eigenvalue weighted by molar-refractivity contribution is 7.89. The van der Waals surface area contributed by atoms with Crippen molar-refractivity contribution in [2.24, 2.45) is 0 Å². The minimum atomic E-state index is -3.65. The molecule has 0 unspecified atom stereocenters. The number of amides is 1. The number of benzene rings is 1. The largest absolute Gasteiger partial charge is 0.319 e. The second-order valence-electron chi connectivity index (χ2n) is 7.04. The Hall–Kier alpha value is -2.23. The van der Waals surface area contributed by atoms with Crippen molar-refractivity contribution in [3.05, 3.63) is 41.7 Å². The summed E-state index contributed by atoms with van der Waals surface area (Å²) >= 11 is 0. The van der Waals surface area contributed by atoms with Crippen LogP contribution in [0.1, 0.15) is 43.6 Å². The zero-order valence-electron chi connectivity index (χ0n) is 18.6. The number of likely N-dealkylation sites (N-methyl/N-ethyl adjacent to an activating group) is 1. The van der Waals surface area contributed by atoms with Gasteiger partial charge < -0.3 is 10.2 Å². The number of carbonyl (C=O) groups is 1. The molecule has 0 bridgehead atoms. The third-order valence-electron chi connectivity index (χ3n) is 5.20. The Balaban J connectivity index is 2.15. The van der Waals surface area contributed by atoms with Gasteiger partial charge >= 0.3 is 0 Å². The Morgan fingerprint density at radius 3 is 2.37 bits per heavy atom. The smallest absolute Gasteiger partial charge is 0.255 e. The number of hydrogen-bond donors (Lipinski definition) is 1. The normalized spacial score (nSPS) is 12.0. The lowest BCUT2D eigenvalue weighted by Gasteiger charge is -2.20. The summed E-state index contributed by atoms with van der Waals surface area (Å²) in [5, 5.41) is 7.10. The summed E-state index contributed by atoms with van der Waals surface area (Å²) in [5.41, 5.74) is 1.48. The molecular formula is C21H33N5O3S. The molecule has 9 heteroatoms. The summed E-state index contributed by atoms with van der Waals surface area (Å²) in [4.78, 5) is 15.2. The van der Waals surface area contributed by atoms with Crippen molar-refractivity contribution in [3.8, 4) is 0 Å². The zero-order valence-corrected chi connectivity index (χ0v) is 19.4. The maximum absolute atomic E-state index is 12.9. The van der Waals surface area contributed by atoms with E-state index in [1.807, 2.05) is 0 Å². The van der Waals surface area contributed by atoms with Crippen molar-refractivity contribution in [1.29, 1.82) is 0 Å². The van der Waals surface area contributed by atoms with Gasteiger partial charge in [0.25, 0.3) is 5.91 Å². The average Bonchev–Trinajstić information content (AvgIpc) is 3.16. The highest BCUT2D eigenvalue weighted by Crippen LogP contribution is 2.22. The number of hydrogen-bond acceptors (Lipinski definition) is 5. The fraction of sp³-hybridized carbons (Fsp3) is 0.524. The van der Waals surface area contributed by atoms with E-state index in [1.54, 1.807) is 50.0 Å². The van der Waals surface area contributed by atoms with Gasteiger partial charge in [-0.25, -0.2) is 8.42 Å². The molecule has 0 aliphatic carbocycles. The van der Waals surface area contributed by atoms with Crippen LogP contribution in [0.25, 0.3) is 0 Å². The van der Waals surface area contributed by atoms with Crippen molar-refractivity contribution >= 4 is 21.6 Å². The number of rotatable bonds is 11. The second kappa shape index (κ2) is 10.7. The summed E-state index contributed by atoms with van der Waals surface area (Å²) in [7, 11) is -3.65. The van der Waals surface area contributed by atoms with Crippen LogP contribution in [-0.2, 0) is 16.6 Å². The predicted octanol–water partition coefficient (Wildman–Crippen LogP) is 2.82. The number of aryl methyl sites for hydroxylation is 1. The summed E-state index contributed by atoms with van der Waals surface area (Å²) in [6, 6.07) is 4.75. The lowest BCUT2D eigenvalue weighted by molar-refractivity contribution is 0.102. The average molecular weight is 436 g/mol. The van der Waals surface area contributed by atoms with Crippen molar-refractivity contribution in [2.45, 2.75) is 46.1 Å². The van der Waals surface area contributed by atoms with Crippen LogP contribution in [0.5, 0.6) is 0 Å². The molecule has 30 heavy (non-hydrogen) atoms. The molecule has 0 radical (unpaired) electrons. The van der Waals surface area contributed by atoms with E-state index in [-0.39, 0.29) is 10.8 Å². The lowest BCUT2D eigenvalue weighted by atomic mass is 10.1. The topological polar surface area (TPSA) is 87.5 Å². The standard InChI is InChI=1S/C21H33N5O3S/c1-6-24(7-2)12-13-25-16-19(15-22-25)23-21(27)18-11-10-17(5)20(14-18)30(28,29)26(8-3)9-4/h10-11,14-16H,6-9,12-13H2,1-5H3,(H,23,27). The van der Waals surface area contributed by atoms with Crippen molar-refractivity contribution in [2.75, 3.05) is 38.0 Å². The third-order valence-corrected chi connectivity index (χ3v) is 7.40. The molecule has 1 amide bonds. The molecule has 0 atom stereocenters. The van der Waals surface area contributed by atoms with E-state index < -0.39 is 10.0 Å². The minimum Gasteiger partial charge on any atom is -0.319 e. The van der Waals surface area contributed by atoms with Gasteiger partial charge in [-0.05, 0) is 37.7 Å². The Kier molecular flexibility index (Phi) is 8.57. The molecule has 2 aromatic rings. The first kappa shape index (κ1) is 24.0. The van der Waals surface area contributed by atoms with Crippen molar-refractivity contribution < 1.29 is 13.2 Å². The maximum atomic E-state index is 12.9. The molecule has 0 saturated carbocycles. The van der Waals surface area contributed by atoms with Gasteiger partial charge in [-0.2, -0.15) is 9.40 Å². The molecule has 0 aliphatic heterocycles. The van der Waals surface area contributed by atoms with Crippen LogP contribution >= 0.6 is 0 Å². The first-order chi connectivity index (χ1) is 14.3. The molecule has 0 aliphatic rings. The molecule has 0 spiro atoms. The number of carbonyl (C=O) groups excluding carboxylic acids is 1. The van der Waals surface area contributed by atoms with Gasteiger partial charge in [-0.1, -0.05) is 33.8 Å². The molecule has 166 valence electrons. The Morgan fingerprint density at radius 2 is 1.77 bits per heavy atom. The summed E-state index contributed by atoms with van der Waals surface area (Å²) in [5.74, 6) is -0.366. The van der Waals surface area contributed by atoms with Crippen LogP contribution in [0.2, 0.25) is 0 Å². The zero-order chi connectivity index (χ0) is 22.3. The SMILES string of the molecule is CCN(CC)CCn1cc(NC(=O)c2ccc(C)c(S(=O)(=O)N(CC)CC)c2)cn1. The van der Waals surface area contributed by atoms with E-state index in [0.29, 0.717) is 29.9 Å². The lowest BCUT2D eigenvalue weighted by Crippen LogP contribution is -2.31. The van der Waals surface area contributed by atoms with Gasteiger partial charge in [0.1, 0.15) is 0 Å². The van der Waals surface area contributed by atoms with Crippen LogP contribution in [0.4, 0.5) is 5.69 Å². The van der Waals surface area contributed by atoms with E-state index in [0.717, 1.165) is 26.2 Å². The molecule has 1 aromatic carbocycles. The quantitative estimate of drug-likeness (QED) is 0.586. The number of sulfonamides is 1. The monoisotopic (exact) mass is 435 g/mol. The first-order valence-corrected chi connectivity index (χ1v) is 11.9. The number of nitrogens with zero attached hydrogens (tertiary/aromatic N) is 4. The summed E-state index contributed by atoms with van der Waals surface area (Å²) in [6.45, 7) is 13.9. The van der Waals surface area contributed by atoms with Gasteiger partial charge in [0.2, 0.25) is 10.0 Å². The fourth-order valence-electron chi connectivity index (χ4n) is 3.26. The molecule has 8 nitrogen and oxygen atoms in total. The van der Waals surface area contributed by atoms with Crippen LogP contribution < -0.4 is 5.32 Å². The molecule has 1 N–H and O–H groups in total. The van der Waals surface area contributed by atoms with E-state index >= 15 is 0 Å². The minimum absolute atomic E-state index is 0.161. The molecule has 2 rings (SSSR count). The van der Waals surface area contributed by atoms with Crippen LogP contribution in [0, 0.1) is 6.92 Å². The maximum Gasteiger partial charge on any atom is 0.255 e. The molecule has 1 aromatic heterocycles. The third kappa shape index (κ3) is 5.68. The molecule has 0 fully saturated rings. The number of nitrogens with one attached hydrogen (secondary N) is 1. The van der Waals surface area contributed by atoms with Crippen molar-refractivity contribution in [1.82, 2.24) is 19.0 Å². The first-order valence-electron chi connectivity index (χ1n) is 10.4. The number of anilines is 1. The Labute approximate surface area is 179 Å². The van der Waals surface area contributed by atoms with Gasteiger partial charge in [-0.15, -0.1) is 0 Å². The van der Waals surface area contributed by atoms with E-state index in [9.17, 15) is 13.2 Å². The highest BCUT2D eigenvalue weighted by Gasteiger charge is 2.24. The van der Waals surface area contributed by atoms with Gasteiger partial charge in [0.05, 0.1) is 23.3 Å². The van der Waals surface area contributed by atoms with Crippen LogP contribution in [0.3, 0.4) is 0 Å². The molecular weight excluding hydrogens is 402 g/mol. The molecule has 0 saturated heterocycles. The fourth-order valence-corrected chi connectivity index (χ4v) is 4.97. The second-order valence-corrected chi connectivity index (χ2v) is 8.95. The van der Waals surface area contributed by atoms with Gasteiger partial charge in [0.15, 0.2) is 0 Å². The van der Waals surface area contributed by atoms with Crippen LogP contribution in [-0.4, -0.2) is 66.0 Å². The Morgan fingerprint density at radius 1 is 1.10 bits per heavy atom.